The van der Waals surface area contributed by atoms with Gasteiger partial charge in [0.2, 0.25) is 0 Å². The molecule has 1 aliphatic carbocycles. The van der Waals surface area contributed by atoms with Gasteiger partial charge in [-0.3, -0.25) is 9.59 Å². The minimum Gasteiger partial charge on any atom is -0.298 e. The summed E-state index contributed by atoms with van der Waals surface area (Å²) >= 11 is 0. The average molecular weight is 165 g/mol. The molecule has 4 nitrogen and oxygen atoms in total. The lowest BCUT2D eigenvalue weighted by atomic mass is 9.98. The lowest BCUT2D eigenvalue weighted by Crippen LogP contribution is -2.05. The van der Waals surface area contributed by atoms with Crippen LogP contribution in [0.4, 0.5) is 0 Å². The highest BCUT2D eigenvalue weighted by Gasteiger charge is 2.16. The van der Waals surface area contributed by atoms with E-state index in [9.17, 15) is 14.5 Å². The Morgan fingerprint density at radius 1 is 1.42 bits per heavy atom. The Labute approximate surface area is 68.9 Å². The van der Waals surface area contributed by atoms with Gasteiger partial charge in [-0.25, -0.2) is 0 Å². The van der Waals surface area contributed by atoms with Crippen molar-refractivity contribution in [2.24, 2.45) is 5.18 Å². The summed E-state index contributed by atoms with van der Waals surface area (Å²) in [5.74, 6) is -0.868. The van der Waals surface area contributed by atoms with Crippen molar-refractivity contribution < 1.29 is 9.59 Å². The molecule has 0 fully saturated rings. The molecule has 0 saturated carbocycles. The number of carbonyl (C=O) groups is 2. The number of nitrogens with zero attached hydrogens (tertiary/aromatic N) is 1. The van der Waals surface area contributed by atoms with Gasteiger partial charge in [0, 0.05) is 10.7 Å². The molecule has 0 bridgehead atoms. The highest BCUT2D eigenvalue weighted by molar-refractivity contribution is 6.05. The Kier molecular flexibility index (Phi) is 2.63. The van der Waals surface area contributed by atoms with Crippen LogP contribution in [0.25, 0.3) is 0 Å². The largest absolute Gasteiger partial charge is 0.317 e. The van der Waals surface area contributed by atoms with Crippen molar-refractivity contribution in [2.45, 2.75) is 12.8 Å². The highest BCUT2D eigenvalue weighted by atomic mass is 16.3. The Balaban J connectivity index is 2.94. The van der Waals surface area contributed by atoms with E-state index in [1.54, 1.807) is 12.2 Å². The van der Waals surface area contributed by atoms with Gasteiger partial charge >= 0.3 is 5.91 Å². The van der Waals surface area contributed by atoms with Crippen LogP contribution in [0.2, 0.25) is 0 Å². The van der Waals surface area contributed by atoms with E-state index in [1.165, 1.54) is 0 Å². The quantitative estimate of drug-likeness (QED) is 0.455. The number of rotatable bonds is 2. The maximum Gasteiger partial charge on any atom is 0.317 e. The fraction of sp³-hybridized carbons (Fsp3) is 0.250. The lowest BCUT2D eigenvalue weighted by Gasteiger charge is -2.05. The second-order valence-electron chi connectivity index (χ2n) is 2.37. The van der Waals surface area contributed by atoms with Gasteiger partial charge in [0.1, 0.15) is 0 Å². The number of amides is 1. The van der Waals surface area contributed by atoms with E-state index in [1.807, 2.05) is 0 Å². The number of aldehydes is 1. The molecule has 0 aromatic rings. The van der Waals surface area contributed by atoms with Crippen LogP contribution in [0.1, 0.15) is 12.8 Å². The number of hydrogen-bond acceptors (Lipinski definition) is 3. The smallest absolute Gasteiger partial charge is 0.298 e. The molecule has 62 valence electrons. The van der Waals surface area contributed by atoms with Gasteiger partial charge in [-0.1, -0.05) is 12.2 Å². The summed E-state index contributed by atoms with van der Waals surface area (Å²) in [5.41, 5.74) is 0.400. The molecule has 0 saturated heterocycles. The predicted molar refractivity (Wildman–Crippen MR) is 42.3 cm³/mol. The standard InChI is InChI=1S/C8H7NO3/c10-5-6-3-1-2-4-7(6)8(11)9-12/h3-5H,1-2H2. The third kappa shape index (κ3) is 1.53. The first-order valence-corrected chi connectivity index (χ1v) is 3.53. The normalized spacial score (nSPS) is 16.0. The van der Waals surface area contributed by atoms with Gasteiger partial charge in [-0.15, -0.1) is 4.91 Å². The molecule has 0 aromatic carbocycles. The number of hydrogen-bond donors (Lipinski definition) is 0. The van der Waals surface area contributed by atoms with E-state index in [0.29, 0.717) is 12.7 Å². The summed E-state index contributed by atoms with van der Waals surface area (Å²) in [5, 5.41) is 2.25. The van der Waals surface area contributed by atoms with Crippen LogP contribution in [-0.2, 0) is 9.59 Å². The Morgan fingerprint density at radius 2 is 2.08 bits per heavy atom. The summed E-state index contributed by atoms with van der Waals surface area (Å²) in [6.07, 6.45) is 5.16. The lowest BCUT2D eigenvalue weighted by molar-refractivity contribution is -0.115. The van der Waals surface area contributed by atoms with E-state index in [-0.39, 0.29) is 11.1 Å². The zero-order valence-electron chi connectivity index (χ0n) is 6.32. The van der Waals surface area contributed by atoms with Crippen molar-refractivity contribution in [1.29, 1.82) is 0 Å². The van der Waals surface area contributed by atoms with Crippen molar-refractivity contribution in [3.8, 4) is 0 Å². The molecule has 0 unspecified atom stereocenters. The molecule has 12 heavy (non-hydrogen) atoms. The van der Waals surface area contributed by atoms with Gasteiger partial charge in [0.15, 0.2) is 6.29 Å². The van der Waals surface area contributed by atoms with Gasteiger partial charge in [0.05, 0.1) is 5.57 Å². The van der Waals surface area contributed by atoms with E-state index in [2.05, 4.69) is 5.18 Å². The molecular formula is C8H7NO3. The summed E-state index contributed by atoms with van der Waals surface area (Å²) < 4.78 is 0. The fourth-order valence-electron chi connectivity index (χ4n) is 1.07. The van der Waals surface area contributed by atoms with Gasteiger partial charge in [-0.05, 0) is 12.8 Å². The zero-order valence-corrected chi connectivity index (χ0v) is 6.32. The molecule has 1 rings (SSSR count). The number of nitroso groups, excluding NO2 is 1. The third-order valence-corrected chi connectivity index (χ3v) is 1.63. The first-order valence-electron chi connectivity index (χ1n) is 3.53. The van der Waals surface area contributed by atoms with E-state index in [4.69, 9.17) is 0 Å². The predicted octanol–water partition coefficient (Wildman–Crippen LogP) is 1.12. The maximum atomic E-state index is 10.8. The van der Waals surface area contributed by atoms with Crippen molar-refractivity contribution in [3.63, 3.8) is 0 Å². The molecule has 0 heterocycles. The molecule has 1 aliphatic rings. The third-order valence-electron chi connectivity index (χ3n) is 1.63. The second-order valence-corrected chi connectivity index (χ2v) is 2.37. The first kappa shape index (κ1) is 8.52. The monoisotopic (exact) mass is 165 g/mol. The molecule has 0 radical (unpaired) electrons. The Hall–Kier alpha value is -1.58. The van der Waals surface area contributed by atoms with Crippen molar-refractivity contribution in [2.75, 3.05) is 0 Å². The number of carbonyl (C=O) groups excluding carboxylic acids is 2. The van der Waals surface area contributed by atoms with E-state index in [0.717, 1.165) is 6.42 Å². The Morgan fingerprint density at radius 3 is 2.67 bits per heavy atom. The summed E-state index contributed by atoms with van der Waals surface area (Å²) in [6.45, 7) is 0. The molecular weight excluding hydrogens is 158 g/mol. The van der Waals surface area contributed by atoms with E-state index < -0.39 is 5.91 Å². The Bertz CT molecular complexity index is 289. The molecule has 0 aromatic heterocycles. The summed E-state index contributed by atoms with van der Waals surface area (Å²) in [6, 6.07) is 0. The van der Waals surface area contributed by atoms with Crippen LogP contribution >= 0.6 is 0 Å². The topological polar surface area (TPSA) is 63.6 Å². The second kappa shape index (κ2) is 3.71. The van der Waals surface area contributed by atoms with Crippen molar-refractivity contribution >= 4 is 12.2 Å². The van der Waals surface area contributed by atoms with E-state index >= 15 is 0 Å². The van der Waals surface area contributed by atoms with Crippen LogP contribution in [0.15, 0.2) is 28.5 Å². The zero-order chi connectivity index (χ0) is 8.97. The fourth-order valence-corrected chi connectivity index (χ4v) is 1.07. The minimum absolute atomic E-state index is 0.131. The van der Waals surface area contributed by atoms with Crippen molar-refractivity contribution in [3.05, 3.63) is 28.2 Å². The summed E-state index contributed by atoms with van der Waals surface area (Å²) in [4.78, 5) is 31.1. The molecule has 0 spiro atoms. The SMILES string of the molecule is O=CC1=CCCC=C1C(=O)N=O. The van der Waals surface area contributed by atoms with Crippen LogP contribution in [-0.4, -0.2) is 12.2 Å². The molecule has 0 aliphatic heterocycles. The van der Waals surface area contributed by atoms with Crippen molar-refractivity contribution in [1.82, 2.24) is 0 Å². The van der Waals surface area contributed by atoms with Gasteiger partial charge in [0.25, 0.3) is 0 Å². The maximum absolute atomic E-state index is 10.8. The van der Waals surface area contributed by atoms with Crippen LogP contribution in [0.3, 0.4) is 0 Å². The van der Waals surface area contributed by atoms with Crippen LogP contribution < -0.4 is 0 Å². The molecule has 4 heteroatoms. The minimum atomic E-state index is -0.868. The number of allylic oxidation sites excluding steroid dienone is 2. The average Bonchev–Trinajstić information content (AvgIpc) is 2.16. The molecule has 0 N–H and O–H groups in total. The van der Waals surface area contributed by atoms with Gasteiger partial charge in [-0.2, -0.15) is 0 Å². The highest BCUT2D eigenvalue weighted by Crippen LogP contribution is 2.17. The van der Waals surface area contributed by atoms with Crippen LogP contribution in [0, 0.1) is 4.91 Å². The van der Waals surface area contributed by atoms with Crippen LogP contribution in [0.5, 0.6) is 0 Å². The van der Waals surface area contributed by atoms with Gasteiger partial charge < -0.3 is 0 Å². The molecule has 0 atom stereocenters. The molecule has 1 amide bonds. The summed E-state index contributed by atoms with van der Waals surface area (Å²) in [7, 11) is 0. The first-order chi connectivity index (χ1) is 5.79.